The van der Waals surface area contributed by atoms with Crippen molar-refractivity contribution in [3.8, 4) is 0 Å². The number of H-pyrrole nitrogens is 1. The van der Waals surface area contributed by atoms with Gasteiger partial charge in [-0.15, -0.1) is 0 Å². The molecule has 0 radical (unpaired) electrons. The number of rotatable bonds is 2. The lowest BCUT2D eigenvalue weighted by Gasteiger charge is -2.30. The first-order valence-corrected chi connectivity index (χ1v) is 7.05. The molecule has 0 unspecified atom stereocenters. The molecule has 1 saturated heterocycles. The van der Waals surface area contributed by atoms with Crippen molar-refractivity contribution in [3.63, 3.8) is 0 Å². The van der Waals surface area contributed by atoms with Crippen LogP contribution in [0.3, 0.4) is 0 Å². The van der Waals surface area contributed by atoms with Gasteiger partial charge >= 0.3 is 6.18 Å². The van der Waals surface area contributed by atoms with Crippen LogP contribution in [-0.4, -0.2) is 34.8 Å². The first-order valence-electron chi connectivity index (χ1n) is 7.05. The van der Waals surface area contributed by atoms with E-state index >= 15 is 0 Å². The van der Waals surface area contributed by atoms with E-state index in [0.29, 0.717) is 38.2 Å². The predicted octanol–water partition coefficient (Wildman–Crippen LogP) is 1.59. The molecule has 6 nitrogen and oxygen atoms in total. The molecule has 2 heterocycles. The topological polar surface area (TPSA) is 82.3 Å². The van der Waals surface area contributed by atoms with Crippen LogP contribution in [-0.2, 0) is 15.8 Å². The highest BCUT2D eigenvalue weighted by Gasteiger charge is 2.32. The summed E-state index contributed by atoms with van der Waals surface area (Å²) in [6.45, 7) is 2.25. The summed E-state index contributed by atoms with van der Waals surface area (Å²) in [6, 6.07) is 0.613. The zero-order valence-electron chi connectivity index (χ0n) is 12.4. The average Bonchev–Trinajstić information content (AvgIpc) is 2.48. The lowest BCUT2D eigenvalue weighted by Crippen LogP contribution is -2.40. The normalized spacial score (nSPS) is 16.3. The molecule has 2 N–H and O–H groups in total. The van der Waals surface area contributed by atoms with Crippen molar-refractivity contribution in [1.82, 2.24) is 9.88 Å². The maximum atomic E-state index is 12.6. The molecular formula is C14H16F3N3O3. The highest BCUT2D eigenvalue weighted by molar-refractivity contribution is 5.92. The minimum atomic E-state index is -4.61. The SMILES string of the molecule is CC(=O)N1CCC(C(=O)Nc2cc(C(F)(F)F)c[nH]c2=O)CC1. The molecule has 2 rings (SSSR count). The highest BCUT2D eigenvalue weighted by atomic mass is 19.4. The van der Waals surface area contributed by atoms with Gasteiger partial charge in [0.15, 0.2) is 0 Å². The highest BCUT2D eigenvalue weighted by Crippen LogP contribution is 2.29. The van der Waals surface area contributed by atoms with Crippen LogP contribution in [0.4, 0.5) is 18.9 Å². The van der Waals surface area contributed by atoms with Gasteiger partial charge in [-0.05, 0) is 18.9 Å². The maximum Gasteiger partial charge on any atom is 0.417 e. The van der Waals surface area contributed by atoms with Gasteiger partial charge in [-0.25, -0.2) is 0 Å². The molecule has 23 heavy (non-hydrogen) atoms. The number of nitrogens with one attached hydrogen (secondary N) is 2. The van der Waals surface area contributed by atoms with Crippen LogP contribution in [0.2, 0.25) is 0 Å². The Bertz CT molecular complexity index is 661. The third-order valence-corrected chi connectivity index (χ3v) is 3.80. The first-order chi connectivity index (χ1) is 10.7. The smallest absolute Gasteiger partial charge is 0.343 e. The van der Waals surface area contributed by atoms with Crippen LogP contribution < -0.4 is 10.9 Å². The standard InChI is InChI=1S/C14H16F3N3O3/c1-8(21)20-4-2-9(3-5-20)12(22)19-11-6-10(14(15,16)17)7-18-13(11)23/h6-7,9H,2-5H2,1H3,(H,18,23)(H,19,22). The number of nitrogens with zero attached hydrogens (tertiary/aromatic N) is 1. The summed E-state index contributed by atoms with van der Waals surface area (Å²) in [5.41, 5.74) is -2.27. The van der Waals surface area contributed by atoms with Gasteiger partial charge < -0.3 is 15.2 Å². The number of halogens is 3. The molecule has 1 aliphatic heterocycles. The minimum absolute atomic E-state index is 0.0850. The third kappa shape index (κ3) is 4.11. The number of alkyl halides is 3. The molecule has 2 amide bonds. The summed E-state index contributed by atoms with van der Waals surface area (Å²) in [4.78, 5) is 38.5. The number of carbonyl (C=O) groups excluding carboxylic acids is 2. The van der Waals surface area contributed by atoms with E-state index in [2.05, 4.69) is 5.32 Å². The Balaban J connectivity index is 2.06. The fourth-order valence-electron chi connectivity index (χ4n) is 2.43. The molecule has 1 aromatic heterocycles. The van der Waals surface area contributed by atoms with Gasteiger partial charge in [-0.1, -0.05) is 0 Å². The Morgan fingerprint density at radius 1 is 1.30 bits per heavy atom. The summed E-state index contributed by atoms with van der Waals surface area (Å²) in [5, 5.41) is 2.25. The number of carbonyl (C=O) groups is 2. The van der Waals surface area contributed by atoms with Crippen LogP contribution in [0, 0.1) is 5.92 Å². The van der Waals surface area contributed by atoms with Gasteiger partial charge in [0.25, 0.3) is 5.56 Å². The van der Waals surface area contributed by atoms with E-state index in [1.54, 1.807) is 4.90 Å². The fourth-order valence-corrected chi connectivity index (χ4v) is 2.43. The molecule has 0 aliphatic carbocycles. The third-order valence-electron chi connectivity index (χ3n) is 3.80. The van der Waals surface area contributed by atoms with Crippen LogP contribution in [0.15, 0.2) is 17.1 Å². The lowest BCUT2D eigenvalue weighted by molar-refractivity contribution is -0.137. The number of amides is 2. The zero-order valence-corrected chi connectivity index (χ0v) is 12.4. The average molecular weight is 331 g/mol. The van der Waals surface area contributed by atoms with Crippen molar-refractivity contribution in [2.24, 2.45) is 5.92 Å². The van der Waals surface area contributed by atoms with Crippen molar-refractivity contribution < 1.29 is 22.8 Å². The first kappa shape index (κ1) is 17.0. The van der Waals surface area contributed by atoms with Crippen molar-refractivity contribution in [2.75, 3.05) is 18.4 Å². The molecule has 1 aliphatic rings. The van der Waals surface area contributed by atoms with Gasteiger partial charge in [-0.2, -0.15) is 13.2 Å². The van der Waals surface area contributed by atoms with Crippen molar-refractivity contribution in [2.45, 2.75) is 25.9 Å². The Labute approximate surface area is 129 Å². The molecule has 1 aromatic rings. The van der Waals surface area contributed by atoms with Crippen molar-refractivity contribution in [1.29, 1.82) is 0 Å². The molecule has 9 heteroatoms. The van der Waals surface area contributed by atoms with E-state index in [1.165, 1.54) is 6.92 Å². The van der Waals surface area contributed by atoms with Crippen molar-refractivity contribution in [3.05, 3.63) is 28.2 Å². The van der Waals surface area contributed by atoms with E-state index in [1.807, 2.05) is 4.98 Å². The van der Waals surface area contributed by atoms with E-state index < -0.39 is 34.8 Å². The predicted molar refractivity (Wildman–Crippen MR) is 75.7 cm³/mol. The van der Waals surface area contributed by atoms with Crippen LogP contribution in [0.25, 0.3) is 0 Å². The Morgan fingerprint density at radius 3 is 2.43 bits per heavy atom. The number of anilines is 1. The number of likely N-dealkylation sites (tertiary alicyclic amines) is 1. The summed E-state index contributed by atoms with van der Waals surface area (Å²) in [6.07, 6.45) is -3.25. The fraction of sp³-hybridized carbons (Fsp3) is 0.500. The molecule has 0 bridgehead atoms. The number of piperidine rings is 1. The number of pyridine rings is 1. The van der Waals surface area contributed by atoms with Gasteiger partial charge in [0.2, 0.25) is 11.8 Å². The Hall–Kier alpha value is -2.32. The molecular weight excluding hydrogens is 315 g/mol. The van der Waals surface area contributed by atoms with Crippen molar-refractivity contribution >= 4 is 17.5 Å². The summed E-state index contributed by atoms with van der Waals surface area (Å²) in [5.74, 6) is -1.05. The quantitative estimate of drug-likeness (QED) is 0.863. The molecule has 0 saturated carbocycles. The number of hydrogen-bond donors (Lipinski definition) is 2. The summed E-state index contributed by atoms with van der Waals surface area (Å²) in [7, 11) is 0. The monoisotopic (exact) mass is 331 g/mol. The van der Waals surface area contributed by atoms with Gasteiger partial charge in [-0.3, -0.25) is 14.4 Å². The van der Waals surface area contributed by atoms with Gasteiger partial charge in [0.1, 0.15) is 5.69 Å². The van der Waals surface area contributed by atoms with E-state index in [-0.39, 0.29) is 5.91 Å². The second-order valence-electron chi connectivity index (χ2n) is 5.40. The second-order valence-corrected chi connectivity index (χ2v) is 5.40. The molecule has 126 valence electrons. The van der Waals surface area contributed by atoms with E-state index in [9.17, 15) is 27.6 Å². The maximum absolute atomic E-state index is 12.6. The van der Waals surface area contributed by atoms with Gasteiger partial charge in [0.05, 0.1) is 5.56 Å². The van der Waals surface area contributed by atoms with Gasteiger partial charge in [0, 0.05) is 32.1 Å². The van der Waals surface area contributed by atoms with Crippen LogP contribution >= 0.6 is 0 Å². The summed E-state index contributed by atoms with van der Waals surface area (Å²) >= 11 is 0. The zero-order chi connectivity index (χ0) is 17.2. The number of hydrogen-bond acceptors (Lipinski definition) is 3. The number of aromatic nitrogens is 1. The molecule has 0 spiro atoms. The number of aromatic amines is 1. The molecule has 1 fully saturated rings. The lowest BCUT2D eigenvalue weighted by atomic mass is 9.96. The van der Waals surface area contributed by atoms with E-state index in [0.717, 1.165) is 0 Å². The minimum Gasteiger partial charge on any atom is -0.343 e. The van der Waals surface area contributed by atoms with E-state index in [4.69, 9.17) is 0 Å². The van der Waals surface area contributed by atoms with Crippen LogP contribution in [0.1, 0.15) is 25.3 Å². The largest absolute Gasteiger partial charge is 0.417 e. The Morgan fingerprint density at radius 2 is 1.91 bits per heavy atom. The summed E-state index contributed by atoms with van der Waals surface area (Å²) < 4.78 is 37.9. The second kappa shape index (κ2) is 6.43. The molecule has 0 atom stereocenters. The van der Waals surface area contributed by atoms with Crippen LogP contribution in [0.5, 0.6) is 0 Å². The molecule has 0 aromatic carbocycles. The Kier molecular flexibility index (Phi) is 4.76.